The molecule has 1 saturated heterocycles. The lowest BCUT2D eigenvalue weighted by atomic mass is 10.2. The summed E-state index contributed by atoms with van der Waals surface area (Å²) < 4.78 is 26.9. The molecule has 24 heavy (non-hydrogen) atoms. The van der Waals surface area contributed by atoms with Crippen molar-refractivity contribution in [1.29, 1.82) is 0 Å². The molecule has 0 aromatic heterocycles. The third-order valence-electron chi connectivity index (χ3n) is 4.09. The summed E-state index contributed by atoms with van der Waals surface area (Å²) in [5.74, 6) is 0. The van der Waals surface area contributed by atoms with Gasteiger partial charge in [-0.2, -0.15) is 4.31 Å². The summed E-state index contributed by atoms with van der Waals surface area (Å²) in [4.78, 5) is 3.76. The number of rotatable bonds is 5. The average molecular weight is 372 g/mol. The molecule has 0 spiro atoms. The van der Waals surface area contributed by atoms with Crippen LogP contribution in [0.1, 0.15) is 5.56 Å². The van der Waals surface area contributed by atoms with Crippen LogP contribution in [-0.4, -0.2) is 76.1 Å². The Kier molecular flexibility index (Phi) is 6.56. The van der Waals surface area contributed by atoms with Gasteiger partial charge in [0.15, 0.2) is 5.11 Å². The second kappa shape index (κ2) is 8.24. The van der Waals surface area contributed by atoms with Crippen molar-refractivity contribution in [3.8, 4) is 0 Å². The fourth-order valence-electron chi connectivity index (χ4n) is 2.52. The molecule has 8 heteroatoms. The van der Waals surface area contributed by atoms with Crippen LogP contribution >= 0.6 is 12.2 Å². The number of piperazine rings is 1. The molecule has 1 aromatic carbocycles. The number of nitrogens with one attached hydrogen (secondary N) is 2. The van der Waals surface area contributed by atoms with Crippen molar-refractivity contribution in [1.82, 2.24) is 14.5 Å². The average Bonchev–Trinajstić information content (AvgIpc) is 2.55. The van der Waals surface area contributed by atoms with E-state index in [4.69, 9.17) is 12.2 Å². The molecular formula is C16H27N4O2S2+. The Labute approximate surface area is 150 Å². The number of thiocarbonyl (C=S) groups is 1. The van der Waals surface area contributed by atoms with Crippen LogP contribution in [0.3, 0.4) is 0 Å². The second-order valence-electron chi connectivity index (χ2n) is 6.39. The van der Waals surface area contributed by atoms with Crippen molar-refractivity contribution in [2.75, 3.05) is 53.4 Å². The van der Waals surface area contributed by atoms with Gasteiger partial charge in [-0.15, -0.1) is 0 Å². The molecule has 1 heterocycles. The summed E-state index contributed by atoms with van der Waals surface area (Å²) in [6, 6.07) is 7.00. The van der Waals surface area contributed by atoms with E-state index in [1.54, 1.807) is 16.4 Å². The first-order chi connectivity index (χ1) is 11.3. The molecule has 0 unspecified atom stereocenters. The molecule has 1 fully saturated rings. The number of aryl methyl sites for hydroxylation is 1. The van der Waals surface area contributed by atoms with Gasteiger partial charge in [0, 0.05) is 26.2 Å². The molecule has 1 aliphatic heterocycles. The summed E-state index contributed by atoms with van der Waals surface area (Å²) in [6.07, 6.45) is 0. The Morgan fingerprint density at radius 2 is 1.75 bits per heavy atom. The topological polar surface area (TPSA) is 57.1 Å². The summed E-state index contributed by atoms with van der Waals surface area (Å²) in [7, 11) is 0.777. The molecule has 0 saturated carbocycles. The molecule has 6 nitrogen and oxygen atoms in total. The number of hydrogen-bond acceptors (Lipinski definition) is 3. The number of sulfonamides is 1. The molecule has 2 N–H and O–H groups in total. The van der Waals surface area contributed by atoms with Crippen molar-refractivity contribution in [2.24, 2.45) is 0 Å². The van der Waals surface area contributed by atoms with Crippen molar-refractivity contribution >= 4 is 27.4 Å². The van der Waals surface area contributed by atoms with E-state index >= 15 is 0 Å². The third kappa shape index (κ3) is 4.89. The first-order valence-electron chi connectivity index (χ1n) is 8.19. The van der Waals surface area contributed by atoms with Crippen molar-refractivity contribution in [3.05, 3.63) is 29.8 Å². The first kappa shape index (κ1) is 19.1. The summed E-state index contributed by atoms with van der Waals surface area (Å²) in [6.45, 7) is 5.90. The lowest BCUT2D eigenvalue weighted by Crippen LogP contribution is -3.06. The molecular weight excluding hydrogens is 344 g/mol. The van der Waals surface area contributed by atoms with Crippen LogP contribution in [0.4, 0.5) is 0 Å². The fourth-order valence-corrected chi connectivity index (χ4v) is 4.23. The van der Waals surface area contributed by atoms with E-state index in [1.165, 1.54) is 4.90 Å². The van der Waals surface area contributed by atoms with Crippen molar-refractivity contribution < 1.29 is 13.3 Å². The predicted molar refractivity (Wildman–Crippen MR) is 99.8 cm³/mol. The second-order valence-corrected chi connectivity index (χ2v) is 8.72. The van der Waals surface area contributed by atoms with E-state index in [9.17, 15) is 8.42 Å². The number of hydrogen-bond donors (Lipinski definition) is 2. The molecule has 0 atom stereocenters. The van der Waals surface area contributed by atoms with E-state index in [0.29, 0.717) is 36.2 Å². The Bertz CT molecular complexity index is 651. The summed E-state index contributed by atoms with van der Waals surface area (Å²) in [5, 5.41) is 3.96. The zero-order valence-electron chi connectivity index (χ0n) is 14.6. The van der Waals surface area contributed by atoms with Gasteiger partial charge in [-0.05, 0) is 31.3 Å². The van der Waals surface area contributed by atoms with Gasteiger partial charge in [0.1, 0.15) is 0 Å². The van der Waals surface area contributed by atoms with Crippen LogP contribution in [0.25, 0.3) is 0 Å². The third-order valence-corrected chi connectivity index (χ3v) is 6.40. The highest BCUT2D eigenvalue weighted by molar-refractivity contribution is 7.89. The number of nitrogens with zero attached hydrogens (tertiary/aromatic N) is 2. The van der Waals surface area contributed by atoms with Gasteiger partial charge < -0.3 is 15.1 Å². The number of quaternary nitrogens is 1. The van der Waals surface area contributed by atoms with E-state index in [1.807, 2.05) is 24.0 Å². The van der Waals surface area contributed by atoms with Crippen LogP contribution < -0.4 is 10.2 Å². The van der Waals surface area contributed by atoms with Gasteiger partial charge in [0.2, 0.25) is 10.0 Å². The van der Waals surface area contributed by atoms with E-state index in [0.717, 1.165) is 18.7 Å². The molecule has 0 amide bonds. The highest BCUT2D eigenvalue weighted by atomic mass is 32.2. The van der Waals surface area contributed by atoms with Crippen LogP contribution in [0.15, 0.2) is 29.2 Å². The van der Waals surface area contributed by atoms with E-state index in [2.05, 4.69) is 19.4 Å². The van der Waals surface area contributed by atoms with Crippen LogP contribution in [0.2, 0.25) is 0 Å². The van der Waals surface area contributed by atoms with E-state index in [-0.39, 0.29) is 0 Å². The molecule has 2 rings (SSSR count). The lowest BCUT2D eigenvalue weighted by Gasteiger charge is -2.35. The largest absolute Gasteiger partial charge is 0.357 e. The van der Waals surface area contributed by atoms with Gasteiger partial charge in [-0.1, -0.05) is 17.7 Å². The summed E-state index contributed by atoms with van der Waals surface area (Å²) in [5.41, 5.74) is 1.05. The number of likely N-dealkylation sites (N-methyl/N-ethyl adjacent to an activating group) is 1. The van der Waals surface area contributed by atoms with Crippen LogP contribution in [0, 0.1) is 6.92 Å². The minimum absolute atomic E-state index is 0.358. The normalized spacial score (nSPS) is 16.4. The Morgan fingerprint density at radius 3 is 2.29 bits per heavy atom. The zero-order chi connectivity index (χ0) is 17.7. The number of benzene rings is 1. The minimum Gasteiger partial charge on any atom is -0.357 e. The molecule has 0 bridgehead atoms. The van der Waals surface area contributed by atoms with Crippen molar-refractivity contribution in [2.45, 2.75) is 11.8 Å². The maximum absolute atomic E-state index is 12.7. The smallest absolute Gasteiger partial charge is 0.243 e. The maximum Gasteiger partial charge on any atom is 0.243 e. The van der Waals surface area contributed by atoms with Crippen LogP contribution in [0.5, 0.6) is 0 Å². The van der Waals surface area contributed by atoms with Crippen molar-refractivity contribution in [3.63, 3.8) is 0 Å². The van der Waals surface area contributed by atoms with Gasteiger partial charge in [-0.25, -0.2) is 8.42 Å². The maximum atomic E-state index is 12.7. The Balaban J connectivity index is 1.90. The predicted octanol–water partition coefficient (Wildman–Crippen LogP) is -0.680. The van der Waals surface area contributed by atoms with Gasteiger partial charge >= 0.3 is 0 Å². The van der Waals surface area contributed by atoms with E-state index < -0.39 is 10.0 Å². The molecule has 0 radical (unpaired) electrons. The monoisotopic (exact) mass is 371 g/mol. The zero-order valence-corrected chi connectivity index (χ0v) is 16.2. The van der Waals surface area contributed by atoms with Gasteiger partial charge in [0.25, 0.3) is 0 Å². The lowest BCUT2D eigenvalue weighted by molar-refractivity contribution is -0.856. The van der Waals surface area contributed by atoms with Gasteiger partial charge in [-0.3, -0.25) is 0 Å². The molecule has 0 aliphatic carbocycles. The highest BCUT2D eigenvalue weighted by Crippen LogP contribution is 2.18. The SMILES string of the molecule is Cc1ccc(S(=O)(=O)N2CCN(C(=S)NCC[NH+](C)C)CC2)cc1. The first-order valence-corrected chi connectivity index (χ1v) is 10.0. The van der Waals surface area contributed by atoms with Gasteiger partial charge in [0.05, 0.1) is 32.1 Å². The molecule has 134 valence electrons. The fraction of sp³-hybridized carbons (Fsp3) is 0.562. The molecule has 1 aliphatic rings. The molecule has 1 aromatic rings. The Morgan fingerprint density at radius 1 is 1.17 bits per heavy atom. The summed E-state index contributed by atoms with van der Waals surface area (Å²) >= 11 is 5.40. The standard InChI is InChI=1S/C16H26N4O2S2/c1-14-4-6-15(7-5-14)24(21,22)20-12-10-19(11-13-20)16(23)17-8-9-18(2)3/h4-7H,8-13H2,1-3H3,(H,17,23)/p+1. The minimum atomic E-state index is -3.42. The quantitative estimate of drug-likeness (QED) is 0.672. The Hall–Kier alpha value is -1.22. The highest BCUT2D eigenvalue weighted by Gasteiger charge is 2.29. The van der Waals surface area contributed by atoms with Crippen LogP contribution in [-0.2, 0) is 10.0 Å².